The average molecular weight is 303 g/mol. The van der Waals surface area contributed by atoms with Crippen molar-refractivity contribution in [2.75, 3.05) is 5.73 Å². The van der Waals surface area contributed by atoms with Crippen LogP contribution in [0.25, 0.3) is 0 Å². The first-order valence-corrected chi connectivity index (χ1v) is 6.74. The van der Waals surface area contributed by atoms with E-state index in [0.717, 1.165) is 12.1 Å². The van der Waals surface area contributed by atoms with E-state index in [0.29, 0.717) is 6.42 Å². The van der Waals surface area contributed by atoms with Crippen LogP contribution in [0, 0.1) is 0 Å². The molecule has 1 aliphatic rings. The summed E-state index contributed by atoms with van der Waals surface area (Å²) in [5.41, 5.74) is 4.01. The Hall–Kier alpha value is -1.43. The minimum atomic E-state index is -4.41. The quantitative estimate of drug-likeness (QED) is 0.839. The van der Waals surface area contributed by atoms with Crippen LogP contribution in [0.1, 0.15) is 39.7 Å². The Kier molecular flexibility index (Phi) is 3.64. The first-order valence-electron chi connectivity index (χ1n) is 6.74. The number of nitrogens with two attached hydrogens (primary N) is 1. The molecule has 3 nitrogen and oxygen atoms in total. The summed E-state index contributed by atoms with van der Waals surface area (Å²) < 4.78 is 49.5. The Bertz CT molecular complexity index is 538. The van der Waals surface area contributed by atoms with Crippen LogP contribution < -0.4 is 10.5 Å². The van der Waals surface area contributed by atoms with Crippen LogP contribution in [-0.2, 0) is 10.9 Å². The van der Waals surface area contributed by atoms with Crippen LogP contribution in [0.3, 0.4) is 0 Å². The van der Waals surface area contributed by atoms with E-state index in [1.165, 1.54) is 6.07 Å². The van der Waals surface area contributed by atoms with Crippen LogP contribution in [0.4, 0.5) is 18.9 Å². The molecule has 0 radical (unpaired) electrons. The molecule has 118 valence electrons. The number of nitrogen functional groups attached to an aromatic ring is 1. The van der Waals surface area contributed by atoms with E-state index in [1.807, 2.05) is 27.7 Å². The number of anilines is 1. The lowest BCUT2D eigenvalue weighted by atomic mass is 9.97. The molecule has 0 aromatic heterocycles. The molecule has 1 aromatic rings. The van der Waals surface area contributed by atoms with Crippen molar-refractivity contribution in [3.05, 3.63) is 23.8 Å². The minimum absolute atomic E-state index is 0.0228. The van der Waals surface area contributed by atoms with E-state index < -0.39 is 17.3 Å². The van der Waals surface area contributed by atoms with E-state index in [-0.39, 0.29) is 23.1 Å². The van der Waals surface area contributed by atoms with Crippen LogP contribution in [0.5, 0.6) is 5.75 Å². The van der Waals surface area contributed by atoms with Gasteiger partial charge in [0.25, 0.3) is 0 Å². The number of hydrogen-bond donors (Lipinski definition) is 1. The highest BCUT2D eigenvalue weighted by molar-refractivity contribution is 5.55. The summed E-state index contributed by atoms with van der Waals surface area (Å²) in [4.78, 5) is 0. The molecule has 1 heterocycles. The molecule has 0 bridgehead atoms. The normalized spacial score (nSPS) is 24.0. The minimum Gasteiger partial charge on any atom is -0.485 e. The number of hydrogen-bond acceptors (Lipinski definition) is 3. The van der Waals surface area contributed by atoms with Gasteiger partial charge in [0.05, 0.1) is 16.9 Å². The first-order chi connectivity index (χ1) is 9.41. The van der Waals surface area contributed by atoms with E-state index in [9.17, 15) is 13.2 Å². The molecule has 1 aliphatic heterocycles. The van der Waals surface area contributed by atoms with Crippen molar-refractivity contribution in [3.63, 3.8) is 0 Å². The van der Waals surface area contributed by atoms with Crippen molar-refractivity contribution >= 4 is 5.69 Å². The highest BCUT2D eigenvalue weighted by Gasteiger charge is 2.47. The molecule has 6 heteroatoms. The van der Waals surface area contributed by atoms with Crippen molar-refractivity contribution in [2.24, 2.45) is 0 Å². The predicted octanol–water partition coefficient (Wildman–Crippen LogP) is 4.01. The SMILES string of the molecule is CC1(C)CC(Oc2ccc(C(F)(F)F)cc2N)C(C)(C)O1. The van der Waals surface area contributed by atoms with Crippen molar-refractivity contribution in [3.8, 4) is 5.75 Å². The lowest BCUT2D eigenvalue weighted by Crippen LogP contribution is -2.36. The fourth-order valence-electron chi connectivity index (χ4n) is 2.68. The van der Waals surface area contributed by atoms with Crippen molar-refractivity contribution in [1.29, 1.82) is 0 Å². The maximum absolute atomic E-state index is 12.6. The second-order valence-corrected chi connectivity index (χ2v) is 6.53. The summed E-state index contributed by atoms with van der Waals surface area (Å²) in [6.07, 6.45) is -4.04. The molecule has 0 spiro atoms. The molecule has 0 aliphatic carbocycles. The van der Waals surface area contributed by atoms with Crippen LogP contribution >= 0.6 is 0 Å². The van der Waals surface area contributed by atoms with Crippen molar-refractivity contribution in [1.82, 2.24) is 0 Å². The summed E-state index contributed by atoms with van der Waals surface area (Å²) >= 11 is 0. The zero-order chi connectivity index (χ0) is 16.1. The van der Waals surface area contributed by atoms with Gasteiger partial charge in [-0.05, 0) is 45.9 Å². The average Bonchev–Trinajstić information content (AvgIpc) is 2.48. The standard InChI is InChI=1S/C15H20F3NO2/c1-13(2)8-12(14(3,4)21-13)20-11-6-5-9(7-10(11)19)15(16,17)18/h5-7,12H,8,19H2,1-4H3. The first kappa shape index (κ1) is 15.9. The Morgan fingerprint density at radius 2 is 1.86 bits per heavy atom. The molecule has 1 saturated heterocycles. The summed E-state index contributed by atoms with van der Waals surface area (Å²) in [7, 11) is 0. The molecular weight excluding hydrogens is 283 g/mol. The molecule has 1 aromatic carbocycles. The fourth-order valence-corrected chi connectivity index (χ4v) is 2.68. The van der Waals surface area contributed by atoms with Crippen LogP contribution in [0.2, 0.25) is 0 Å². The molecule has 2 rings (SSSR count). The molecule has 0 saturated carbocycles. The number of alkyl halides is 3. The maximum Gasteiger partial charge on any atom is 0.416 e. The van der Waals surface area contributed by atoms with E-state index in [4.69, 9.17) is 15.2 Å². The largest absolute Gasteiger partial charge is 0.485 e. The highest BCUT2D eigenvalue weighted by Crippen LogP contribution is 2.41. The van der Waals surface area contributed by atoms with Gasteiger partial charge in [0.2, 0.25) is 0 Å². The van der Waals surface area contributed by atoms with Gasteiger partial charge in [-0.15, -0.1) is 0 Å². The van der Waals surface area contributed by atoms with Crippen LogP contribution in [-0.4, -0.2) is 17.3 Å². The van der Waals surface area contributed by atoms with Gasteiger partial charge >= 0.3 is 6.18 Å². The van der Waals surface area contributed by atoms with E-state index in [2.05, 4.69) is 0 Å². The zero-order valence-corrected chi connectivity index (χ0v) is 12.5. The van der Waals surface area contributed by atoms with Crippen molar-refractivity contribution in [2.45, 2.75) is 57.6 Å². The Balaban J connectivity index is 2.21. The summed E-state index contributed by atoms with van der Waals surface area (Å²) in [5, 5.41) is 0. The second kappa shape index (κ2) is 4.80. The Morgan fingerprint density at radius 1 is 1.24 bits per heavy atom. The molecule has 1 atom stereocenters. The zero-order valence-electron chi connectivity index (χ0n) is 12.5. The maximum atomic E-state index is 12.6. The predicted molar refractivity (Wildman–Crippen MR) is 74.1 cm³/mol. The lowest BCUT2D eigenvalue weighted by Gasteiger charge is -2.27. The van der Waals surface area contributed by atoms with Gasteiger partial charge in [-0.3, -0.25) is 0 Å². The molecule has 21 heavy (non-hydrogen) atoms. The van der Waals surface area contributed by atoms with Gasteiger partial charge in [0.15, 0.2) is 0 Å². The molecule has 1 fully saturated rings. The molecule has 2 N–H and O–H groups in total. The number of benzene rings is 1. The van der Waals surface area contributed by atoms with Gasteiger partial charge in [-0.25, -0.2) is 0 Å². The lowest BCUT2D eigenvalue weighted by molar-refractivity contribution is -0.137. The van der Waals surface area contributed by atoms with E-state index in [1.54, 1.807) is 0 Å². The summed E-state index contributed by atoms with van der Waals surface area (Å²) in [6, 6.07) is 3.13. The summed E-state index contributed by atoms with van der Waals surface area (Å²) in [5.74, 6) is 0.252. The van der Waals surface area contributed by atoms with Gasteiger partial charge in [-0.2, -0.15) is 13.2 Å². The van der Waals surface area contributed by atoms with Gasteiger partial charge in [-0.1, -0.05) is 0 Å². The fraction of sp³-hybridized carbons (Fsp3) is 0.600. The smallest absolute Gasteiger partial charge is 0.416 e. The van der Waals surface area contributed by atoms with Crippen LogP contribution in [0.15, 0.2) is 18.2 Å². The monoisotopic (exact) mass is 303 g/mol. The van der Waals surface area contributed by atoms with Gasteiger partial charge in [0.1, 0.15) is 17.5 Å². The highest BCUT2D eigenvalue weighted by atomic mass is 19.4. The summed E-state index contributed by atoms with van der Waals surface area (Å²) in [6.45, 7) is 7.70. The van der Waals surface area contributed by atoms with Gasteiger partial charge < -0.3 is 15.2 Å². The van der Waals surface area contributed by atoms with Crippen molar-refractivity contribution < 1.29 is 22.6 Å². The third kappa shape index (κ3) is 3.43. The third-order valence-electron chi connectivity index (χ3n) is 3.60. The Morgan fingerprint density at radius 3 is 2.29 bits per heavy atom. The topological polar surface area (TPSA) is 44.5 Å². The second-order valence-electron chi connectivity index (χ2n) is 6.53. The number of halogens is 3. The Labute approximate surface area is 122 Å². The molecule has 0 amide bonds. The van der Waals surface area contributed by atoms with E-state index >= 15 is 0 Å². The number of rotatable bonds is 2. The third-order valence-corrected chi connectivity index (χ3v) is 3.60. The molecular formula is C15H20F3NO2. The molecule has 1 unspecified atom stereocenters. The number of ether oxygens (including phenoxy) is 2. The van der Waals surface area contributed by atoms with Gasteiger partial charge in [0, 0.05) is 6.42 Å².